The van der Waals surface area contributed by atoms with Gasteiger partial charge in [0.25, 0.3) is 0 Å². The molecule has 4 unspecified atom stereocenters. The summed E-state index contributed by atoms with van der Waals surface area (Å²) in [4.78, 5) is 21.0. The second kappa shape index (κ2) is 9.63. The molecule has 1 aliphatic carbocycles. The number of carbonyl (C=O) groups is 1. The number of carbonyl (C=O) groups excluding carboxylic acids is 1. The Labute approximate surface area is 232 Å². The minimum absolute atomic E-state index is 0.0101. The number of benzene rings is 3. The summed E-state index contributed by atoms with van der Waals surface area (Å²) in [5, 5.41) is 0. The van der Waals surface area contributed by atoms with Crippen molar-refractivity contribution in [2.45, 2.75) is 75.7 Å². The molecule has 2 N–H and O–H groups in total. The molecule has 7 rings (SSSR count). The van der Waals surface area contributed by atoms with Crippen LogP contribution in [0.3, 0.4) is 0 Å². The molecule has 1 amide bonds. The summed E-state index contributed by atoms with van der Waals surface area (Å²) in [5.41, 5.74) is 8.83. The molecule has 4 atom stereocenters. The van der Waals surface area contributed by atoms with Gasteiger partial charge in [-0.25, -0.2) is 0 Å². The molecule has 1 saturated carbocycles. The van der Waals surface area contributed by atoms with E-state index in [-0.39, 0.29) is 34.9 Å². The molecule has 4 aliphatic rings. The zero-order valence-electron chi connectivity index (χ0n) is 23.2. The fourth-order valence-electron chi connectivity index (χ4n) is 7.66. The van der Waals surface area contributed by atoms with E-state index in [1.807, 2.05) is 12.1 Å². The molecule has 5 heteroatoms. The molecular formula is C34H39N3O2. The van der Waals surface area contributed by atoms with Crippen LogP contribution in [0.5, 0.6) is 5.75 Å². The van der Waals surface area contributed by atoms with Crippen molar-refractivity contribution >= 4 is 12.1 Å². The number of primary amides is 1. The number of likely N-dealkylation sites (tertiary alicyclic amines) is 1. The molecule has 0 aromatic heterocycles. The summed E-state index contributed by atoms with van der Waals surface area (Å²) in [6.45, 7) is 6.81. The highest BCUT2D eigenvalue weighted by Crippen LogP contribution is 2.61. The lowest BCUT2D eigenvalue weighted by Crippen LogP contribution is -2.64. The van der Waals surface area contributed by atoms with Gasteiger partial charge < -0.3 is 10.5 Å². The lowest BCUT2D eigenvalue weighted by Gasteiger charge is -2.47. The number of hydrogen-bond donors (Lipinski definition) is 1. The van der Waals surface area contributed by atoms with E-state index in [1.54, 1.807) is 0 Å². The number of nitrogens with zero attached hydrogens (tertiary/aromatic N) is 2. The minimum atomic E-state index is -0.751. The third-order valence-electron chi connectivity index (χ3n) is 9.05. The van der Waals surface area contributed by atoms with Gasteiger partial charge in [-0.1, -0.05) is 72.8 Å². The molecule has 2 fully saturated rings. The van der Waals surface area contributed by atoms with Gasteiger partial charge in [0.2, 0.25) is 5.91 Å². The lowest BCUT2D eigenvalue weighted by atomic mass is 9.62. The van der Waals surface area contributed by atoms with Crippen LogP contribution in [-0.4, -0.2) is 39.7 Å². The minimum Gasteiger partial charge on any atom is -0.488 e. The molecule has 202 valence electrons. The second-order valence-corrected chi connectivity index (χ2v) is 12.7. The number of aliphatic imine (C=N–C) groups is 1. The first kappa shape index (κ1) is 25.8. The largest absolute Gasteiger partial charge is 0.488 e. The predicted molar refractivity (Wildman–Crippen MR) is 156 cm³/mol. The maximum Gasteiger partial charge on any atom is 0.238 e. The Morgan fingerprint density at radius 3 is 2.03 bits per heavy atom. The quantitative estimate of drug-likeness (QED) is 0.419. The Morgan fingerprint density at radius 2 is 1.51 bits per heavy atom. The summed E-state index contributed by atoms with van der Waals surface area (Å²) in [6.07, 6.45) is 5.47. The van der Waals surface area contributed by atoms with Gasteiger partial charge in [-0.3, -0.25) is 14.7 Å². The molecule has 0 radical (unpaired) electrons. The number of ether oxygens (including phenoxy) is 1. The Kier molecular flexibility index (Phi) is 6.38. The SMILES string of the molecule is CC(C)(C)Oc1ccc(CN2C(Cc3ccccc3)(Cc3ccccc3)C3CC4CC2(C(N)=O)C3C=N4)cc1. The maximum absolute atomic E-state index is 13.6. The zero-order chi connectivity index (χ0) is 27.3. The van der Waals surface area contributed by atoms with E-state index >= 15 is 0 Å². The van der Waals surface area contributed by atoms with Gasteiger partial charge >= 0.3 is 0 Å². The van der Waals surface area contributed by atoms with E-state index in [9.17, 15) is 4.79 Å². The molecule has 4 bridgehead atoms. The van der Waals surface area contributed by atoms with E-state index in [1.165, 1.54) is 11.1 Å². The average Bonchev–Trinajstić information content (AvgIpc) is 3.07. The van der Waals surface area contributed by atoms with Crippen molar-refractivity contribution in [1.82, 2.24) is 4.90 Å². The maximum atomic E-state index is 13.6. The van der Waals surface area contributed by atoms with Crippen LogP contribution < -0.4 is 10.5 Å². The number of rotatable bonds is 8. The normalized spacial score (nSPS) is 27.0. The van der Waals surface area contributed by atoms with E-state index < -0.39 is 5.54 Å². The summed E-state index contributed by atoms with van der Waals surface area (Å²) < 4.78 is 6.09. The van der Waals surface area contributed by atoms with Crippen molar-refractivity contribution in [1.29, 1.82) is 0 Å². The van der Waals surface area contributed by atoms with Crippen molar-refractivity contribution < 1.29 is 9.53 Å². The summed E-state index contributed by atoms with van der Waals surface area (Å²) in [7, 11) is 0. The molecule has 3 aromatic rings. The summed E-state index contributed by atoms with van der Waals surface area (Å²) >= 11 is 0. The third kappa shape index (κ3) is 4.57. The lowest BCUT2D eigenvalue weighted by molar-refractivity contribution is -0.134. The van der Waals surface area contributed by atoms with Gasteiger partial charge in [0.05, 0.1) is 6.04 Å². The van der Waals surface area contributed by atoms with Gasteiger partial charge in [0.1, 0.15) is 16.9 Å². The van der Waals surface area contributed by atoms with Crippen LogP contribution in [0.2, 0.25) is 0 Å². The zero-order valence-corrected chi connectivity index (χ0v) is 23.2. The van der Waals surface area contributed by atoms with Crippen molar-refractivity contribution in [3.05, 3.63) is 102 Å². The molecule has 0 spiro atoms. The Morgan fingerprint density at radius 1 is 0.923 bits per heavy atom. The van der Waals surface area contributed by atoms with Crippen LogP contribution in [0.15, 0.2) is 89.9 Å². The van der Waals surface area contributed by atoms with Gasteiger partial charge in [0.15, 0.2) is 0 Å². The first-order chi connectivity index (χ1) is 18.7. The molecule has 5 nitrogen and oxygen atoms in total. The number of amides is 1. The van der Waals surface area contributed by atoms with Crippen LogP contribution in [0, 0.1) is 11.8 Å². The van der Waals surface area contributed by atoms with E-state index in [0.717, 1.165) is 30.6 Å². The van der Waals surface area contributed by atoms with Gasteiger partial charge in [-0.15, -0.1) is 0 Å². The first-order valence-corrected chi connectivity index (χ1v) is 14.2. The number of nitrogens with two attached hydrogens (primary N) is 1. The van der Waals surface area contributed by atoms with Crippen LogP contribution in [0.4, 0.5) is 0 Å². The Bertz CT molecular complexity index is 1310. The van der Waals surface area contributed by atoms with E-state index in [0.29, 0.717) is 13.0 Å². The van der Waals surface area contributed by atoms with Crippen molar-refractivity contribution in [2.24, 2.45) is 22.6 Å². The van der Waals surface area contributed by atoms with Gasteiger partial charge in [0, 0.05) is 24.2 Å². The Hall–Kier alpha value is -3.44. The van der Waals surface area contributed by atoms with Crippen LogP contribution >= 0.6 is 0 Å². The molecule has 39 heavy (non-hydrogen) atoms. The molecule has 1 saturated heterocycles. The van der Waals surface area contributed by atoms with E-state index in [2.05, 4.69) is 105 Å². The fraction of sp³-hybridized carbons (Fsp3) is 0.412. The topological polar surface area (TPSA) is 67.9 Å². The highest BCUT2D eigenvalue weighted by atomic mass is 16.5. The summed E-state index contributed by atoms with van der Waals surface area (Å²) in [6, 6.07) is 30.0. The Balaban J connectivity index is 1.48. The highest BCUT2D eigenvalue weighted by molar-refractivity contribution is 5.92. The molecule has 3 aliphatic heterocycles. The van der Waals surface area contributed by atoms with E-state index in [4.69, 9.17) is 15.5 Å². The van der Waals surface area contributed by atoms with Crippen LogP contribution in [0.1, 0.15) is 50.3 Å². The number of hydrogen-bond acceptors (Lipinski definition) is 4. The van der Waals surface area contributed by atoms with Gasteiger partial charge in [-0.05, 0) is 81.2 Å². The monoisotopic (exact) mass is 521 g/mol. The molecule has 3 aromatic carbocycles. The summed E-state index contributed by atoms with van der Waals surface area (Å²) in [5.74, 6) is 0.923. The van der Waals surface area contributed by atoms with Gasteiger partial charge in [-0.2, -0.15) is 0 Å². The predicted octanol–water partition coefficient (Wildman–Crippen LogP) is 5.61. The first-order valence-electron chi connectivity index (χ1n) is 14.2. The molecule has 3 heterocycles. The average molecular weight is 522 g/mol. The van der Waals surface area contributed by atoms with Crippen molar-refractivity contribution in [3.63, 3.8) is 0 Å². The van der Waals surface area contributed by atoms with Crippen molar-refractivity contribution in [2.75, 3.05) is 0 Å². The van der Waals surface area contributed by atoms with Crippen molar-refractivity contribution in [3.8, 4) is 5.75 Å². The van der Waals surface area contributed by atoms with Crippen LogP contribution in [0.25, 0.3) is 0 Å². The smallest absolute Gasteiger partial charge is 0.238 e. The third-order valence-corrected chi connectivity index (χ3v) is 9.05. The standard InChI is InChI=1S/C34H39N3O2/c1-32(2,3)39-28-16-14-26(15-17-28)23-37-33(19-24-10-6-4-7-11-24,20-25-12-8-5-9-13-25)29-18-27-21-34(37,31(35)38)30(29)22-36-27/h4-17,22,27,29-30H,18-21,23H2,1-3H3,(H2,35,38). The molecular weight excluding hydrogens is 482 g/mol. The highest BCUT2D eigenvalue weighted by Gasteiger charge is 2.71. The van der Waals surface area contributed by atoms with Crippen LogP contribution in [-0.2, 0) is 24.2 Å². The second-order valence-electron chi connectivity index (χ2n) is 12.7. The fourth-order valence-corrected chi connectivity index (χ4v) is 7.66.